The number of ketones is 1. The second kappa shape index (κ2) is 3.30. The summed E-state index contributed by atoms with van der Waals surface area (Å²) in [5, 5.41) is 0.893. The normalized spacial score (nSPS) is 15.1. The van der Waals surface area contributed by atoms with Crippen molar-refractivity contribution >= 4 is 23.0 Å². The Labute approximate surface area is 92.5 Å². The number of carbonyl (C=O) groups excluding carboxylic acids is 2. The first-order valence-corrected chi connectivity index (χ1v) is 5.42. The Kier molecular flexibility index (Phi) is 1.93. The van der Waals surface area contributed by atoms with Gasteiger partial charge in [-0.05, 0) is 31.0 Å². The maximum atomic E-state index is 11.9. The van der Waals surface area contributed by atoms with Gasteiger partial charge in [0.05, 0.1) is 0 Å². The summed E-state index contributed by atoms with van der Waals surface area (Å²) in [5.74, 6) is 0.190. The minimum absolute atomic E-state index is 0.190. The number of aromatic amines is 1. The Bertz CT molecular complexity index is 595. The van der Waals surface area contributed by atoms with Crippen molar-refractivity contribution in [3.8, 4) is 0 Å². The van der Waals surface area contributed by atoms with Crippen LogP contribution >= 0.6 is 0 Å². The largest absolute Gasteiger partial charge is 0.358 e. The summed E-state index contributed by atoms with van der Waals surface area (Å²) in [6.45, 7) is 0. The van der Waals surface area contributed by atoms with Gasteiger partial charge in [0, 0.05) is 34.1 Å². The Morgan fingerprint density at radius 2 is 2.12 bits per heavy atom. The van der Waals surface area contributed by atoms with Crippen molar-refractivity contribution in [2.75, 3.05) is 0 Å². The van der Waals surface area contributed by atoms with E-state index in [-0.39, 0.29) is 5.78 Å². The smallest absolute Gasteiger partial charge is 0.165 e. The molecule has 1 N–H and O–H groups in total. The highest BCUT2D eigenvalue weighted by Gasteiger charge is 2.22. The molecule has 3 heteroatoms. The predicted molar refractivity (Wildman–Crippen MR) is 61.0 cm³/mol. The second-order valence-electron chi connectivity index (χ2n) is 4.18. The lowest BCUT2D eigenvalue weighted by molar-refractivity contribution is 0.0973. The third-order valence-corrected chi connectivity index (χ3v) is 3.15. The number of aldehydes is 1. The first kappa shape index (κ1) is 9.33. The summed E-state index contributed by atoms with van der Waals surface area (Å²) in [6.07, 6.45) is 3.27. The van der Waals surface area contributed by atoms with E-state index in [1.807, 2.05) is 6.07 Å². The van der Waals surface area contributed by atoms with Gasteiger partial charge in [-0.1, -0.05) is 0 Å². The van der Waals surface area contributed by atoms with Gasteiger partial charge < -0.3 is 4.98 Å². The van der Waals surface area contributed by atoms with Crippen LogP contribution in [0.2, 0.25) is 0 Å². The number of aryl methyl sites for hydroxylation is 1. The van der Waals surface area contributed by atoms with Crippen molar-refractivity contribution in [3.05, 3.63) is 35.0 Å². The molecule has 16 heavy (non-hydrogen) atoms. The van der Waals surface area contributed by atoms with Gasteiger partial charge in [-0.15, -0.1) is 0 Å². The van der Waals surface area contributed by atoms with Gasteiger partial charge in [0.2, 0.25) is 0 Å². The summed E-state index contributed by atoms with van der Waals surface area (Å²) >= 11 is 0. The number of nitrogens with one attached hydrogen (secondary N) is 1. The zero-order valence-corrected chi connectivity index (χ0v) is 8.75. The lowest BCUT2D eigenvalue weighted by atomic mass is 9.94. The number of H-pyrrole nitrogens is 1. The molecule has 3 nitrogen and oxygen atoms in total. The SMILES string of the molecule is O=Cc1ccc2[nH]c3c(c2c1)C(=O)CCC3. The van der Waals surface area contributed by atoms with Gasteiger partial charge >= 0.3 is 0 Å². The molecular formula is C13H11NO2. The number of benzene rings is 1. The number of rotatable bonds is 1. The van der Waals surface area contributed by atoms with Crippen LogP contribution in [-0.2, 0) is 6.42 Å². The summed E-state index contributed by atoms with van der Waals surface area (Å²) in [5.41, 5.74) is 3.39. The minimum Gasteiger partial charge on any atom is -0.358 e. The van der Waals surface area contributed by atoms with Crippen molar-refractivity contribution in [2.24, 2.45) is 0 Å². The number of aromatic nitrogens is 1. The molecule has 0 unspecified atom stereocenters. The van der Waals surface area contributed by atoms with E-state index in [2.05, 4.69) is 4.98 Å². The molecule has 1 aliphatic carbocycles. The first-order chi connectivity index (χ1) is 7.79. The van der Waals surface area contributed by atoms with Crippen LogP contribution in [0.15, 0.2) is 18.2 Å². The fraction of sp³-hybridized carbons (Fsp3) is 0.231. The maximum Gasteiger partial charge on any atom is 0.165 e. The predicted octanol–water partition coefficient (Wildman–Crippen LogP) is 2.50. The number of hydrogen-bond donors (Lipinski definition) is 1. The molecule has 0 atom stereocenters. The lowest BCUT2D eigenvalue weighted by Gasteiger charge is -2.09. The molecule has 0 saturated heterocycles. The van der Waals surface area contributed by atoms with Gasteiger partial charge in [0.25, 0.3) is 0 Å². The van der Waals surface area contributed by atoms with Gasteiger partial charge in [-0.3, -0.25) is 9.59 Å². The zero-order chi connectivity index (χ0) is 11.1. The third kappa shape index (κ3) is 1.21. The molecule has 1 aromatic carbocycles. The monoisotopic (exact) mass is 213 g/mol. The molecule has 0 aliphatic heterocycles. The first-order valence-electron chi connectivity index (χ1n) is 5.42. The lowest BCUT2D eigenvalue weighted by Crippen LogP contribution is -2.09. The maximum absolute atomic E-state index is 11.9. The van der Waals surface area contributed by atoms with Crippen LogP contribution in [0.5, 0.6) is 0 Å². The van der Waals surface area contributed by atoms with E-state index >= 15 is 0 Å². The molecule has 0 fully saturated rings. The van der Waals surface area contributed by atoms with E-state index in [0.29, 0.717) is 12.0 Å². The van der Waals surface area contributed by atoms with Crippen LogP contribution in [0.3, 0.4) is 0 Å². The highest BCUT2D eigenvalue weighted by Crippen LogP contribution is 2.29. The summed E-state index contributed by atoms with van der Waals surface area (Å²) in [7, 11) is 0. The van der Waals surface area contributed by atoms with Crippen molar-refractivity contribution in [3.63, 3.8) is 0 Å². The van der Waals surface area contributed by atoms with Crippen LogP contribution in [0.25, 0.3) is 10.9 Å². The zero-order valence-electron chi connectivity index (χ0n) is 8.75. The molecule has 1 aromatic heterocycles. The molecule has 2 aromatic rings. The van der Waals surface area contributed by atoms with E-state index in [1.54, 1.807) is 12.1 Å². The molecule has 1 aliphatic rings. The van der Waals surface area contributed by atoms with Gasteiger partial charge in [0.15, 0.2) is 5.78 Å². The highest BCUT2D eigenvalue weighted by atomic mass is 16.1. The number of fused-ring (bicyclic) bond motifs is 3. The van der Waals surface area contributed by atoms with Crippen LogP contribution in [0.4, 0.5) is 0 Å². The van der Waals surface area contributed by atoms with Crippen LogP contribution in [0, 0.1) is 0 Å². The molecule has 3 rings (SSSR count). The summed E-state index contributed by atoms with van der Waals surface area (Å²) in [6, 6.07) is 5.42. The topological polar surface area (TPSA) is 49.9 Å². The molecule has 0 bridgehead atoms. The molecule has 0 saturated carbocycles. The van der Waals surface area contributed by atoms with E-state index in [0.717, 1.165) is 41.3 Å². The molecule has 1 heterocycles. The van der Waals surface area contributed by atoms with Crippen molar-refractivity contribution in [1.82, 2.24) is 4.98 Å². The van der Waals surface area contributed by atoms with Crippen LogP contribution < -0.4 is 0 Å². The second-order valence-corrected chi connectivity index (χ2v) is 4.18. The average Bonchev–Trinajstić information content (AvgIpc) is 2.67. The van der Waals surface area contributed by atoms with E-state index in [9.17, 15) is 9.59 Å². The van der Waals surface area contributed by atoms with E-state index in [4.69, 9.17) is 0 Å². The van der Waals surface area contributed by atoms with Gasteiger partial charge in [-0.25, -0.2) is 0 Å². The Hall–Kier alpha value is -1.90. The molecule has 0 spiro atoms. The molecule has 80 valence electrons. The van der Waals surface area contributed by atoms with Gasteiger partial charge in [0.1, 0.15) is 6.29 Å². The van der Waals surface area contributed by atoms with Crippen LogP contribution in [-0.4, -0.2) is 17.1 Å². The Morgan fingerprint density at radius 3 is 2.94 bits per heavy atom. The minimum atomic E-state index is 0.190. The summed E-state index contributed by atoms with van der Waals surface area (Å²) < 4.78 is 0. The summed E-state index contributed by atoms with van der Waals surface area (Å²) in [4.78, 5) is 25.8. The number of carbonyl (C=O) groups is 2. The van der Waals surface area contributed by atoms with E-state index < -0.39 is 0 Å². The van der Waals surface area contributed by atoms with Crippen molar-refractivity contribution < 1.29 is 9.59 Å². The van der Waals surface area contributed by atoms with Crippen LogP contribution in [0.1, 0.15) is 39.3 Å². The van der Waals surface area contributed by atoms with Gasteiger partial charge in [-0.2, -0.15) is 0 Å². The molecule has 0 amide bonds. The Balaban J connectivity index is 2.35. The third-order valence-electron chi connectivity index (χ3n) is 3.15. The quantitative estimate of drug-likeness (QED) is 0.740. The van der Waals surface area contributed by atoms with Crippen molar-refractivity contribution in [2.45, 2.75) is 19.3 Å². The van der Waals surface area contributed by atoms with E-state index in [1.165, 1.54) is 0 Å². The number of hydrogen-bond acceptors (Lipinski definition) is 2. The standard InChI is InChI=1S/C13H11NO2/c15-7-8-4-5-10-9(6-8)13-11(14-10)2-1-3-12(13)16/h4-7,14H,1-3H2. The number of Topliss-reactive ketones (excluding diaryl/α,β-unsaturated/α-hetero) is 1. The fourth-order valence-corrected chi connectivity index (χ4v) is 2.40. The Morgan fingerprint density at radius 1 is 1.25 bits per heavy atom. The highest BCUT2D eigenvalue weighted by molar-refractivity contribution is 6.10. The fourth-order valence-electron chi connectivity index (χ4n) is 2.40. The molecular weight excluding hydrogens is 202 g/mol. The van der Waals surface area contributed by atoms with Crippen molar-refractivity contribution in [1.29, 1.82) is 0 Å². The molecule has 0 radical (unpaired) electrons. The average molecular weight is 213 g/mol.